The van der Waals surface area contributed by atoms with Crippen LogP contribution >= 0.6 is 0 Å². The number of benzene rings is 3. The summed E-state index contributed by atoms with van der Waals surface area (Å²) in [6.07, 6.45) is 1.61. The summed E-state index contributed by atoms with van der Waals surface area (Å²) in [5.41, 5.74) is 4.66. The number of aryl methyl sites for hydroxylation is 2. The van der Waals surface area contributed by atoms with Crippen molar-refractivity contribution in [3.05, 3.63) is 95.8 Å². The maximum atomic E-state index is 12.1. The Morgan fingerprint density at radius 2 is 1.81 bits per heavy atom. The normalized spacial score (nSPS) is 10.9. The van der Waals surface area contributed by atoms with E-state index in [1.54, 1.807) is 0 Å². The van der Waals surface area contributed by atoms with E-state index in [0.717, 1.165) is 36.2 Å². The molecule has 3 aromatic carbocycles. The maximum Gasteiger partial charge on any atom is 0.257 e. The Hall–Kier alpha value is -3.60. The van der Waals surface area contributed by atoms with E-state index in [0.29, 0.717) is 12.3 Å². The molecule has 0 radical (unpaired) electrons. The quantitative estimate of drug-likeness (QED) is 0.411. The number of amides is 1. The number of hydrogen-bond donors (Lipinski definition) is 1. The Balaban J connectivity index is 1.35. The van der Waals surface area contributed by atoms with Crippen molar-refractivity contribution in [3.8, 4) is 5.75 Å². The van der Waals surface area contributed by atoms with Gasteiger partial charge in [0.2, 0.25) is 0 Å². The van der Waals surface area contributed by atoms with E-state index in [9.17, 15) is 4.79 Å². The van der Waals surface area contributed by atoms with Gasteiger partial charge in [-0.1, -0.05) is 60.2 Å². The highest BCUT2D eigenvalue weighted by molar-refractivity contribution is 5.77. The third-order valence-electron chi connectivity index (χ3n) is 5.17. The highest BCUT2D eigenvalue weighted by atomic mass is 16.5. The fourth-order valence-corrected chi connectivity index (χ4v) is 3.68. The van der Waals surface area contributed by atoms with Gasteiger partial charge in [0.25, 0.3) is 5.91 Å². The molecule has 0 saturated carbocycles. The van der Waals surface area contributed by atoms with Crippen LogP contribution in [0.3, 0.4) is 0 Å². The molecule has 1 aromatic heterocycles. The molecule has 158 valence electrons. The number of aromatic nitrogens is 2. The van der Waals surface area contributed by atoms with E-state index >= 15 is 0 Å². The largest absolute Gasteiger partial charge is 0.484 e. The molecule has 0 aliphatic rings. The predicted molar refractivity (Wildman–Crippen MR) is 123 cm³/mol. The molecular weight excluding hydrogens is 386 g/mol. The summed E-state index contributed by atoms with van der Waals surface area (Å²) >= 11 is 0. The lowest BCUT2D eigenvalue weighted by Gasteiger charge is -2.11. The molecule has 0 atom stereocenters. The first-order chi connectivity index (χ1) is 15.2. The summed E-state index contributed by atoms with van der Waals surface area (Å²) in [7, 11) is 0. The highest BCUT2D eigenvalue weighted by Crippen LogP contribution is 2.19. The Kier molecular flexibility index (Phi) is 6.62. The van der Waals surface area contributed by atoms with Gasteiger partial charge < -0.3 is 14.6 Å². The van der Waals surface area contributed by atoms with Crippen LogP contribution < -0.4 is 10.1 Å². The average Bonchev–Trinajstić information content (AvgIpc) is 3.13. The number of rotatable bonds is 9. The van der Waals surface area contributed by atoms with Gasteiger partial charge in [-0.3, -0.25) is 4.79 Å². The second kappa shape index (κ2) is 9.94. The number of fused-ring (bicyclic) bond motifs is 1. The molecule has 0 spiro atoms. The zero-order valence-electron chi connectivity index (χ0n) is 17.8. The number of carbonyl (C=O) groups is 1. The first-order valence-corrected chi connectivity index (χ1v) is 10.6. The van der Waals surface area contributed by atoms with Crippen LogP contribution in [0.2, 0.25) is 0 Å². The monoisotopic (exact) mass is 413 g/mol. The molecule has 0 bridgehead atoms. The minimum absolute atomic E-state index is 0.0237. The lowest BCUT2D eigenvalue weighted by atomic mass is 10.1. The fraction of sp³-hybridized carbons (Fsp3) is 0.231. The molecule has 4 rings (SSSR count). The summed E-state index contributed by atoms with van der Waals surface area (Å²) < 4.78 is 7.77. The summed E-state index contributed by atoms with van der Waals surface area (Å²) in [5, 5.41) is 2.93. The van der Waals surface area contributed by atoms with E-state index in [-0.39, 0.29) is 12.5 Å². The zero-order chi connectivity index (χ0) is 21.5. The molecule has 0 aliphatic carbocycles. The van der Waals surface area contributed by atoms with Crippen molar-refractivity contribution in [1.82, 2.24) is 14.9 Å². The van der Waals surface area contributed by atoms with Crippen molar-refractivity contribution >= 4 is 16.9 Å². The SMILES string of the molecule is Cc1cccc(Cn2c(CCCNC(=O)COc3ccccc3)nc3ccccc32)c1. The first kappa shape index (κ1) is 20.7. The Labute approximate surface area is 182 Å². The topological polar surface area (TPSA) is 56.2 Å². The van der Waals surface area contributed by atoms with Crippen LogP contribution in [0.4, 0.5) is 0 Å². The summed E-state index contributed by atoms with van der Waals surface area (Å²) in [6, 6.07) is 26.2. The zero-order valence-corrected chi connectivity index (χ0v) is 17.8. The van der Waals surface area contributed by atoms with Crippen LogP contribution in [0.25, 0.3) is 11.0 Å². The maximum absolute atomic E-state index is 12.1. The van der Waals surface area contributed by atoms with Gasteiger partial charge in [-0.2, -0.15) is 0 Å². The van der Waals surface area contributed by atoms with E-state index in [4.69, 9.17) is 9.72 Å². The van der Waals surface area contributed by atoms with E-state index in [1.807, 2.05) is 48.5 Å². The molecule has 31 heavy (non-hydrogen) atoms. The molecule has 1 amide bonds. The van der Waals surface area contributed by atoms with Crippen molar-refractivity contribution in [2.75, 3.05) is 13.2 Å². The van der Waals surface area contributed by atoms with Crippen molar-refractivity contribution in [2.45, 2.75) is 26.3 Å². The van der Waals surface area contributed by atoms with E-state index in [1.165, 1.54) is 11.1 Å². The van der Waals surface area contributed by atoms with Gasteiger partial charge in [0, 0.05) is 19.5 Å². The highest BCUT2D eigenvalue weighted by Gasteiger charge is 2.11. The molecule has 0 aliphatic heterocycles. The van der Waals surface area contributed by atoms with Gasteiger partial charge in [0.05, 0.1) is 11.0 Å². The smallest absolute Gasteiger partial charge is 0.257 e. The Morgan fingerprint density at radius 3 is 2.65 bits per heavy atom. The Morgan fingerprint density at radius 1 is 1.00 bits per heavy atom. The summed E-state index contributed by atoms with van der Waals surface area (Å²) in [4.78, 5) is 16.9. The number of nitrogens with zero attached hydrogens (tertiary/aromatic N) is 2. The molecule has 4 aromatic rings. The van der Waals surface area contributed by atoms with Crippen LogP contribution in [0.1, 0.15) is 23.4 Å². The molecule has 0 fully saturated rings. The van der Waals surface area contributed by atoms with Gasteiger partial charge >= 0.3 is 0 Å². The van der Waals surface area contributed by atoms with Gasteiger partial charge in [0.15, 0.2) is 6.61 Å². The molecule has 5 nitrogen and oxygen atoms in total. The number of imidazole rings is 1. The van der Waals surface area contributed by atoms with Crippen molar-refractivity contribution < 1.29 is 9.53 Å². The van der Waals surface area contributed by atoms with Gasteiger partial charge in [0.1, 0.15) is 11.6 Å². The third kappa shape index (κ3) is 5.51. The van der Waals surface area contributed by atoms with Crippen LogP contribution in [0.5, 0.6) is 5.75 Å². The standard InChI is InChI=1S/C26H27N3O2/c1-20-9-7-10-21(17-20)18-29-24-14-6-5-13-23(24)28-25(29)15-8-16-27-26(30)19-31-22-11-3-2-4-12-22/h2-7,9-14,17H,8,15-16,18-19H2,1H3,(H,27,30). The van der Waals surface area contributed by atoms with Gasteiger partial charge in [-0.15, -0.1) is 0 Å². The molecule has 0 saturated heterocycles. The number of ether oxygens (including phenoxy) is 1. The summed E-state index contributed by atoms with van der Waals surface area (Å²) in [5.74, 6) is 1.62. The number of para-hydroxylation sites is 3. The minimum Gasteiger partial charge on any atom is -0.484 e. The second-order valence-electron chi connectivity index (χ2n) is 7.65. The molecule has 5 heteroatoms. The first-order valence-electron chi connectivity index (χ1n) is 10.6. The van der Waals surface area contributed by atoms with Gasteiger partial charge in [-0.25, -0.2) is 4.98 Å². The van der Waals surface area contributed by atoms with Crippen molar-refractivity contribution in [1.29, 1.82) is 0 Å². The third-order valence-corrected chi connectivity index (χ3v) is 5.17. The second-order valence-corrected chi connectivity index (χ2v) is 7.65. The summed E-state index contributed by atoms with van der Waals surface area (Å²) in [6.45, 7) is 3.51. The number of carbonyl (C=O) groups excluding carboxylic acids is 1. The fourth-order valence-electron chi connectivity index (χ4n) is 3.68. The van der Waals surface area contributed by atoms with Crippen LogP contribution in [0.15, 0.2) is 78.9 Å². The number of nitrogens with one attached hydrogen (secondary N) is 1. The minimum atomic E-state index is -0.114. The van der Waals surface area contributed by atoms with Crippen molar-refractivity contribution in [2.24, 2.45) is 0 Å². The molecule has 1 heterocycles. The Bertz CT molecular complexity index is 1150. The molecule has 0 unspecified atom stereocenters. The lowest BCUT2D eigenvalue weighted by Crippen LogP contribution is -2.30. The van der Waals surface area contributed by atoms with Crippen molar-refractivity contribution in [3.63, 3.8) is 0 Å². The lowest BCUT2D eigenvalue weighted by molar-refractivity contribution is -0.123. The van der Waals surface area contributed by atoms with Crippen LogP contribution in [-0.4, -0.2) is 28.6 Å². The predicted octanol–water partition coefficient (Wildman–Crippen LogP) is 4.52. The molecular formula is C26H27N3O2. The average molecular weight is 414 g/mol. The number of hydrogen-bond acceptors (Lipinski definition) is 3. The molecule has 1 N–H and O–H groups in total. The van der Waals surface area contributed by atoms with Crippen LogP contribution in [-0.2, 0) is 17.8 Å². The van der Waals surface area contributed by atoms with E-state index < -0.39 is 0 Å². The van der Waals surface area contributed by atoms with Crippen LogP contribution in [0, 0.1) is 6.92 Å². The van der Waals surface area contributed by atoms with Gasteiger partial charge in [-0.05, 0) is 43.2 Å². The van der Waals surface area contributed by atoms with E-state index in [2.05, 4.69) is 47.1 Å².